The van der Waals surface area contributed by atoms with Crippen molar-refractivity contribution in [2.45, 2.75) is 12.8 Å². The van der Waals surface area contributed by atoms with Gasteiger partial charge in [-0.2, -0.15) is 5.26 Å². The minimum Gasteiger partial charge on any atom is -0.494 e. The lowest BCUT2D eigenvalue weighted by atomic mass is 10.2. The summed E-state index contributed by atoms with van der Waals surface area (Å²) in [6.45, 7) is 3.96. The second-order valence-corrected chi connectivity index (χ2v) is 5.30. The van der Waals surface area contributed by atoms with Crippen LogP contribution in [0.5, 0.6) is 5.75 Å². The lowest BCUT2D eigenvalue weighted by Gasteiger charge is -2.18. The normalized spacial score (nSPS) is 10.8. The highest BCUT2D eigenvalue weighted by Gasteiger charge is 2.00. The van der Waals surface area contributed by atoms with Gasteiger partial charge in [-0.25, -0.2) is 0 Å². The van der Waals surface area contributed by atoms with Crippen LogP contribution in [-0.4, -0.2) is 57.2 Å². The van der Waals surface area contributed by atoms with Crippen LogP contribution < -0.4 is 4.74 Å². The zero-order valence-electron chi connectivity index (χ0n) is 12.8. The molecule has 4 nitrogen and oxygen atoms in total. The molecule has 0 N–H and O–H groups in total. The molecule has 0 radical (unpaired) electrons. The zero-order chi connectivity index (χ0) is 14.8. The Morgan fingerprint density at radius 2 is 1.85 bits per heavy atom. The molecule has 0 aliphatic rings. The summed E-state index contributed by atoms with van der Waals surface area (Å²) in [5.41, 5.74) is 0.642. The fourth-order valence-corrected chi connectivity index (χ4v) is 1.95. The molecule has 0 spiro atoms. The van der Waals surface area contributed by atoms with E-state index >= 15 is 0 Å². The Balaban J connectivity index is 2.13. The predicted octanol–water partition coefficient (Wildman–Crippen LogP) is 2.21. The van der Waals surface area contributed by atoms with Gasteiger partial charge < -0.3 is 14.5 Å². The van der Waals surface area contributed by atoms with Crippen molar-refractivity contribution in [2.24, 2.45) is 0 Å². The van der Waals surface area contributed by atoms with Gasteiger partial charge in [0, 0.05) is 6.54 Å². The first-order valence-electron chi connectivity index (χ1n) is 7.08. The van der Waals surface area contributed by atoms with E-state index in [4.69, 9.17) is 10.00 Å². The van der Waals surface area contributed by atoms with Gasteiger partial charge in [0.25, 0.3) is 0 Å². The van der Waals surface area contributed by atoms with Gasteiger partial charge in [-0.1, -0.05) is 6.07 Å². The largest absolute Gasteiger partial charge is 0.494 e. The van der Waals surface area contributed by atoms with Gasteiger partial charge in [-0.05, 0) is 65.3 Å². The topological polar surface area (TPSA) is 39.5 Å². The predicted molar refractivity (Wildman–Crippen MR) is 81.9 cm³/mol. The van der Waals surface area contributed by atoms with Crippen molar-refractivity contribution in [3.63, 3.8) is 0 Å². The number of hydrogen-bond acceptors (Lipinski definition) is 4. The molecular weight excluding hydrogens is 250 g/mol. The van der Waals surface area contributed by atoms with E-state index in [9.17, 15) is 0 Å². The molecule has 0 aliphatic heterocycles. The minimum absolute atomic E-state index is 0.642. The van der Waals surface area contributed by atoms with Gasteiger partial charge in [0.2, 0.25) is 0 Å². The molecule has 20 heavy (non-hydrogen) atoms. The van der Waals surface area contributed by atoms with Gasteiger partial charge in [0.05, 0.1) is 18.2 Å². The van der Waals surface area contributed by atoms with E-state index < -0.39 is 0 Å². The van der Waals surface area contributed by atoms with Crippen molar-refractivity contribution in [1.29, 1.82) is 5.26 Å². The highest BCUT2D eigenvalue weighted by atomic mass is 16.5. The van der Waals surface area contributed by atoms with Crippen LogP contribution in [0.2, 0.25) is 0 Å². The first-order chi connectivity index (χ1) is 9.61. The lowest BCUT2D eigenvalue weighted by Crippen LogP contribution is -2.25. The Morgan fingerprint density at radius 3 is 2.55 bits per heavy atom. The molecule has 0 atom stereocenters. The fourth-order valence-electron chi connectivity index (χ4n) is 1.95. The molecule has 4 heteroatoms. The number of rotatable bonds is 9. The highest BCUT2D eigenvalue weighted by Crippen LogP contribution is 2.12. The van der Waals surface area contributed by atoms with Gasteiger partial charge in [0.15, 0.2) is 0 Å². The Hall–Kier alpha value is -1.57. The van der Waals surface area contributed by atoms with Crippen molar-refractivity contribution in [1.82, 2.24) is 9.80 Å². The van der Waals surface area contributed by atoms with Crippen LogP contribution in [0.15, 0.2) is 24.3 Å². The van der Waals surface area contributed by atoms with E-state index in [1.54, 1.807) is 12.1 Å². The van der Waals surface area contributed by atoms with Crippen molar-refractivity contribution in [3.8, 4) is 11.8 Å². The Labute approximate surface area is 122 Å². The average molecular weight is 275 g/mol. The van der Waals surface area contributed by atoms with E-state index in [-0.39, 0.29) is 0 Å². The molecule has 0 bridgehead atoms. The van der Waals surface area contributed by atoms with Crippen molar-refractivity contribution in [2.75, 3.05) is 47.4 Å². The smallest absolute Gasteiger partial charge is 0.120 e. The summed E-state index contributed by atoms with van der Waals surface area (Å²) in [7, 11) is 6.35. The van der Waals surface area contributed by atoms with Crippen LogP contribution in [0.4, 0.5) is 0 Å². The van der Waals surface area contributed by atoms with E-state index in [2.05, 4.69) is 37.0 Å². The third kappa shape index (κ3) is 7.13. The van der Waals surface area contributed by atoms with Crippen molar-refractivity contribution >= 4 is 0 Å². The second-order valence-electron chi connectivity index (χ2n) is 5.30. The first-order valence-corrected chi connectivity index (χ1v) is 7.08. The Bertz CT molecular complexity index is 426. The molecular formula is C16H25N3O. The third-order valence-corrected chi connectivity index (χ3v) is 3.06. The van der Waals surface area contributed by atoms with Gasteiger partial charge >= 0.3 is 0 Å². The number of ether oxygens (including phenoxy) is 1. The summed E-state index contributed by atoms with van der Waals surface area (Å²) < 4.78 is 5.66. The average Bonchev–Trinajstić information content (AvgIpc) is 2.43. The molecule has 1 rings (SSSR count). The summed E-state index contributed by atoms with van der Waals surface area (Å²) in [6.07, 6.45) is 2.18. The summed E-state index contributed by atoms with van der Waals surface area (Å²) in [5.74, 6) is 0.777. The molecule has 110 valence electrons. The van der Waals surface area contributed by atoms with Crippen molar-refractivity contribution < 1.29 is 4.74 Å². The van der Waals surface area contributed by atoms with Crippen LogP contribution >= 0.6 is 0 Å². The molecule has 0 amide bonds. The molecule has 0 heterocycles. The summed E-state index contributed by atoms with van der Waals surface area (Å²) >= 11 is 0. The molecule has 0 saturated heterocycles. The molecule has 0 unspecified atom stereocenters. The number of benzene rings is 1. The van der Waals surface area contributed by atoms with Crippen LogP contribution in [-0.2, 0) is 0 Å². The minimum atomic E-state index is 0.642. The molecule has 0 aromatic heterocycles. The van der Waals surface area contributed by atoms with E-state index in [1.807, 2.05) is 12.1 Å². The monoisotopic (exact) mass is 275 g/mol. The summed E-state index contributed by atoms with van der Waals surface area (Å²) in [5, 5.41) is 8.81. The quantitative estimate of drug-likeness (QED) is 0.648. The maximum absolute atomic E-state index is 8.81. The van der Waals surface area contributed by atoms with Crippen LogP contribution in [0.25, 0.3) is 0 Å². The lowest BCUT2D eigenvalue weighted by molar-refractivity contribution is 0.254. The van der Waals surface area contributed by atoms with Crippen LogP contribution in [0.1, 0.15) is 18.4 Å². The second kappa shape index (κ2) is 9.35. The van der Waals surface area contributed by atoms with E-state index in [1.165, 1.54) is 6.42 Å². The maximum Gasteiger partial charge on any atom is 0.120 e. The Kier molecular flexibility index (Phi) is 7.71. The van der Waals surface area contributed by atoms with E-state index in [0.29, 0.717) is 12.2 Å². The van der Waals surface area contributed by atoms with Gasteiger partial charge in [0.1, 0.15) is 5.75 Å². The van der Waals surface area contributed by atoms with Crippen LogP contribution in [0.3, 0.4) is 0 Å². The summed E-state index contributed by atoms with van der Waals surface area (Å²) in [6, 6.07) is 9.42. The first kappa shape index (κ1) is 16.5. The summed E-state index contributed by atoms with van der Waals surface area (Å²) in [4.78, 5) is 4.54. The number of hydrogen-bond donors (Lipinski definition) is 0. The number of nitrogens with zero attached hydrogens (tertiary/aromatic N) is 3. The number of nitriles is 1. The third-order valence-electron chi connectivity index (χ3n) is 3.06. The SMILES string of the molecule is CN(C)CCCN(C)CCCOc1cccc(C#N)c1. The van der Waals surface area contributed by atoms with Gasteiger partial charge in [-0.3, -0.25) is 0 Å². The van der Waals surface area contributed by atoms with Gasteiger partial charge in [-0.15, -0.1) is 0 Å². The van der Waals surface area contributed by atoms with Crippen LogP contribution in [0, 0.1) is 11.3 Å². The molecule has 1 aromatic rings. The zero-order valence-corrected chi connectivity index (χ0v) is 12.8. The molecule has 0 aliphatic carbocycles. The van der Waals surface area contributed by atoms with E-state index in [0.717, 1.165) is 31.8 Å². The molecule has 0 saturated carbocycles. The van der Waals surface area contributed by atoms with Crippen molar-refractivity contribution in [3.05, 3.63) is 29.8 Å². The highest BCUT2D eigenvalue weighted by molar-refractivity contribution is 5.36. The Morgan fingerprint density at radius 1 is 1.10 bits per heavy atom. The molecule has 1 aromatic carbocycles. The fraction of sp³-hybridized carbons (Fsp3) is 0.562. The maximum atomic E-state index is 8.81. The molecule has 0 fully saturated rings. The standard InChI is InChI=1S/C16H25N3O/c1-18(2)9-5-10-19(3)11-6-12-20-16-8-4-7-15(13-16)14-17/h4,7-8,13H,5-6,9-12H2,1-3H3.